The smallest absolute Gasteiger partial charge is 0.159 e. The summed E-state index contributed by atoms with van der Waals surface area (Å²) in [5.74, 6) is -1.69. The molecular formula is C19H22F2N2O. The van der Waals surface area contributed by atoms with Gasteiger partial charge in [0.05, 0.1) is 6.10 Å². The Morgan fingerprint density at radius 1 is 1.08 bits per heavy atom. The SMILES string of the molecule is OC(CNCc1ccc(F)c(F)c1)CN1CCc2ccccc2C1. The highest BCUT2D eigenvalue weighted by molar-refractivity contribution is 5.29. The van der Waals surface area contributed by atoms with Gasteiger partial charge >= 0.3 is 0 Å². The zero-order chi connectivity index (χ0) is 16.9. The second kappa shape index (κ2) is 7.83. The topological polar surface area (TPSA) is 35.5 Å². The molecule has 0 saturated carbocycles. The van der Waals surface area contributed by atoms with Gasteiger partial charge in [0.1, 0.15) is 0 Å². The second-order valence-electron chi connectivity index (χ2n) is 6.29. The first kappa shape index (κ1) is 17.0. The van der Waals surface area contributed by atoms with E-state index in [2.05, 4.69) is 28.4 Å². The molecule has 1 aliphatic rings. The molecule has 0 aliphatic carbocycles. The number of hydrogen-bond donors (Lipinski definition) is 2. The average molecular weight is 332 g/mol. The number of nitrogens with one attached hydrogen (secondary N) is 1. The van der Waals surface area contributed by atoms with E-state index >= 15 is 0 Å². The third-order valence-electron chi connectivity index (χ3n) is 4.37. The van der Waals surface area contributed by atoms with E-state index in [-0.39, 0.29) is 0 Å². The highest BCUT2D eigenvalue weighted by atomic mass is 19.2. The Labute approximate surface area is 140 Å². The van der Waals surface area contributed by atoms with Gasteiger partial charge in [0.15, 0.2) is 11.6 Å². The lowest BCUT2D eigenvalue weighted by atomic mass is 10.00. The maximum absolute atomic E-state index is 13.1. The standard InChI is InChI=1S/C19H22F2N2O/c20-18-6-5-14(9-19(18)21)10-22-11-17(24)13-23-8-7-15-3-1-2-4-16(15)12-23/h1-6,9,17,22,24H,7-8,10-13H2. The van der Waals surface area contributed by atoms with Gasteiger partial charge in [0.2, 0.25) is 0 Å². The molecular weight excluding hydrogens is 310 g/mol. The minimum absolute atomic E-state index is 0.400. The summed E-state index contributed by atoms with van der Waals surface area (Å²) in [6.07, 6.45) is 0.506. The predicted molar refractivity (Wildman–Crippen MR) is 89.5 cm³/mol. The first-order valence-corrected chi connectivity index (χ1v) is 8.23. The van der Waals surface area contributed by atoms with Crippen LogP contribution in [-0.4, -0.2) is 35.7 Å². The van der Waals surface area contributed by atoms with Crippen molar-refractivity contribution in [3.05, 3.63) is 70.8 Å². The number of benzene rings is 2. The molecule has 2 N–H and O–H groups in total. The Morgan fingerprint density at radius 2 is 1.88 bits per heavy atom. The van der Waals surface area contributed by atoms with Gasteiger partial charge in [0.25, 0.3) is 0 Å². The van der Waals surface area contributed by atoms with E-state index in [0.29, 0.717) is 25.2 Å². The third-order valence-corrected chi connectivity index (χ3v) is 4.37. The van der Waals surface area contributed by atoms with Crippen LogP contribution in [0.25, 0.3) is 0 Å². The van der Waals surface area contributed by atoms with Crippen molar-refractivity contribution in [2.75, 3.05) is 19.6 Å². The highest BCUT2D eigenvalue weighted by Gasteiger charge is 2.18. The summed E-state index contributed by atoms with van der Waals surface area (Å²) in [7, 11) is 0. The van der Waals surface area contributed by atoms with Crippen molar-refractivity contribution in [2.24, 2.45) is 0 Å². The molecule has 1 atom stereocenters. The molecule has 0 bridgehead atoms. The fourth-order valence-corrected chi connectivity index (χ4v) is 3.11. The number of nitrogens with zero attached hydrogens (tertiary/aromatic N) is 1. The lowest BCUT2D eigenvalue weighted by Crippen LogP contribution is -2.40. The fraction of sp³-hybridized carbons (Fsp3) is 0.368. The zero-order valence-corrected chi connectivity index (χ0v) is 13.5. The molecule has 1 heterocycles. The van der Waals surface area contributed by atoms with Crippen LogP contribution in [0.1, 0.15) is 16.7 Å². The van der Waals surface area contributed by atoms with E-state index < -0.39 is 17.7 Å². The number of hydrogen-bond acceptors (Lipinski definition) is 3. The summed E-state index contributed by atoms with van der Waals surface area (Å²) in [4.78, 5) is 2.24. The Balaban J connectivity index is 1.43. The largest absolute Gasteiger partial charge is 0.390 e. The number of β-amino-alcohol motifs (C(OH)–C–C–N with tert-alkyl or cyclic N) is 1. The summed E-state index contributed by atoms with van der Waals surface area (Å²) >= 11 is 0. The average Bonchev–Trinajstić information content (AvgIpc) is 2.58. The summed E-state index contributed by atoms with van der Waals surface area (Å²) in [6, 6.07) is 12.2. The molecule has 3 nitrogen and oxygen atoms in total. The van der Waals surface area contributed by atoms with Crippen molar-refractivity contribution in [1.29, 1.82) is 0 Å². The molecule has 3 rings (SSSR count). The van der Waals surface area contributed by atoms with Gasteiger partial charge in [-0.1, -0.05) is 30.3 Å². The van der Waals surface area contributed by atoms with E-state index in [1.807, 2.05) is 6.07 Å². The quantitative estimate of drug-likeness (QED) is 0.853. The predicted octanol–water partition coefficient (Wildman–Crippen LogP) is 2.47. The molecule has 2 aromatic carbocycles. The van der Waals surface area contributed by atoms with E-state index in [0.717, 1.165) is 25.6 Å². The van der Waals surface area contributed by atoms with Crippen molar-refractivity contribution in [2.45, 2.75) is 25.6 Å². The van der Waals surface area contributed by atoms with Gasteiger partial charge in [-0.2, -0.15) is 0 Å². The van der Waals surface area contributed by atoms with E-state index in [9.17, 15) is 13.9 Å². The molecule has 1 aliphatic heterocycles. The minimum atomic E-state index is -0.846. The van der Waals surface area contributed by atoms with Gasteiger partial charge < -0.3 is 10.4 Å². The van der Waals surface area contributed by atoms with E-state index in [4.69, 9.17) is 0 Å². The van der Waals surface area contributed by atoms with Crippen LogP contribution in [-0.2, 0) is 19.5 Å². The van der Waals surface area contributed by atoms with Crippen LogP contribution >= 0.6 is 0 Å². The highest BCUT2D eigenvalue weighted by Crippen LogP contribution is 2.18. The maximum atomic E-state index is 13.1. The van der Waals surface area contributed by atoms with Crippen LogP contribution in [0.5, 0.6) is 0 Å². The third kappa shape index (κ3) is 4.38. The number of halogens is 2. The molecule has 24 heavy (non-hydrogen) atoms. The van der Waals surface area contributed by atoms with Crippen LogP contribution < -0.4 is 5.32 Å². The lowest BCUT2D eigenvalue weighted by Gasteiger charge is -2.30. The minimum Gasteiger partial charge on any atom is -0.390 e. The molecule has 0 aromatic heterocycles. The van der Waals surface area contributed by atoms with Crippen molar-refractivity contribution in [1.82, 2.24) is 10.2 Å². The Morgan fingerprint density at radius 3 is 2.67 bits per heavy atom. The summed E-state index contributed by atoms with van der Waals surface area (Å²) in [5, 5.41) is 13.3. The first-order valence-electron chi connectivity index (χ1n) is 8.23. The molecule has 0 fully saturated rings. The summed E-state index contributed by atoms with van der Waals surface area (Å²) in [6.45, 7) is 3.21. The van der Waals surface area contributed by atoms with Gasteiger partial charge in [0, 0.05) is 32.7 Å². The number of aliphatic hydroxyl groups is 1. The first-order chi connectivity index (χ1) is 11.6. The molecule has 1 unspecified atom stereocenters. The maximum Gasteiger partial charge on any atom is 0.159 e. The Kier molecular flexibility index (Phi) is 5.56. The summed E-state index contributed by atoms with van der Waals surface area (Å²) in [5.41, 5.74) is 3.37. The van der Waals surface area contributed by atoms with Crippen LogP contribution in [0.15, 0.2) is 42.5 Å². The molecule has 0 spiro atoms. The number of fused-ring (bicyclic) bond motifs is 1. The molecule has 2 aromatic rings. The van der Waals surface area contributed by atoms with Crippen LogP contribution in [0, 0.1) is 11.6 Å². The Bertz CT molecular complexity index is 693. The van der Waals surface area contributed by atoms with Gasteiger partial charge in [-0.3, -0.25) is 4.90 Å². The van der Waals surface area contributed by atoms with Crippen LogP contribution in [0.4, 0.5) is 8.78 Å². The van der Waals surface area contributed by atoms with Gasteiger partial charge in [-0.15, -0.1) is 0 Å². The monoisotopic (exact) mass is 332 g/mol. The molecule has 0 saturated heterocycles. The Hall–Kier alpha value is -1.82. The van der Waals surface area contributed by atoms with Gasteiger partial charge in [-0.05, 0) is 35.2 Å². The molecule has 0 amide bonds. The number of aliphatic hydroxyl groups excluding tert-OH is 1. The number of rotatable bonds is 6. The normalized spacial score (nSPS) is 16.0. The summed E-state index contributed by atoms with van der Waals surface area (Å²) < 4.78 is 26.0. The van der Waals surface area contributed by atoms with Crippen molar-refractivity contribution in [3.8, 4) is 0 Å². The molecule has 5 heteroatoms. The van der Waals surface area contributed by atoms with Crippen molar-refractivity contribution < 1.29 is 13.9 Å². The molecule has 0 radical (unpaired) electrons. The second-order valence-corrected chi connectivity index (χ2v) is 6.29. The fourth-order valence-electron chi connectivity index (χ4n) is 3.11. The zero-order valence-electron chi connectivity index (χ0n) is 13.5. The van der Waals surface area contributed by atoms with E-state index in [1.165, 1.54) is 17.2 Å². The van der Waals surface area contributed by atoms with Crippen LogP contribution in [0.2, 0.25) is 0 Å². The van der Waals surface area contributed by atoms with Crippen molar-refractivity contribution >= 4 is 0 Å². The molecule has 128 valence electrons. The van der Waals surface area contributed by atoms with Crippen LogP contribution in [0.3, 0.4) is 0 Å². The lowest BCUT2D eigenvalue weighted by molar-refractivity contribution is 0.104. The van der Waals surface area contributed by atoms with E-state index in [1.54, 1.807) is 6.07 Å². The van der Waals surface area contributed by atoms with Gasteiger partial charge in [-0.25, -0.2) is 8.78 Å². The van der Waals surface area contributed by atoms with Crippen molar-refractivity contribution in [3.63, 3.8) is 0 Å².